The summed E-state index contributed by atoms with van der Waals surface area (Å²) in [7, 11) is 8.22. The van der Waals surface area contributed by atoms with Crippen molar-refractivity contribution in [2.24, 2.45) is 0 Å². The number of carbonyl (C=O) groups excluding carboxylic acids is 1. The smallest absolute Gasteiger partial charge is 0.254 e. The van der Waals surface area contributed by atoms with Gasteiger partial charge in [0.05, 0.1) is 0 Å². The molecule has 0 aliphatic carbocycles. The summed E-state index contributed by atoms with van der Waals surface area (Å²) in [5.41, 5.74) is 2.13. The van der Waals surface area contributed by atoms with Gasteiger partial charge in [0.1, 0.15) is 0 Å². The van der Waals surface area contributed by atoms with E-state index in [1.54, 1.807) is 4.90 Å². The summed E-state index contributed by atoms with van der Waals surface area (Å²) < 4.78 is 0. The molecule has 4 unspecified atom stereocenters. The van der Waals surface area contributed by atoms with E-state index in [1.165, 1.54) is 10.9 Å². The lowest BCUT2D eigenvalue weighted by Crippen LogP contribution is -2.17. The Morgan fingerprint density at radius 3 is 2.93 bits per heavy atom. The third-order valence-corrected chi connectivity index (χ3v) is 12.7. The molecule has 1 amide bonds. The maximum Gasteiger partial charge on any atom is 0.254 e. The van der Waals surface area contributed by atoms with Crippen molar-refractivity contribution >= 4 is 44.3 Å². The summed E-state index contributed by atoms with van der Waals surface area (Å²) in [5, 5.41) is 1.36. The zero-order valence-electron chi connectivity index (χ0n) is 8.40. The first-order chi connectivity index (χ1) is 7.15. The van der Waals surface area contributed by atoms with Gasteiger partial charge in [-0.3, -0.25) is 4.79 Å². The maximum absolute atomic E-state index is 11.8. The van der Waals surface area contributed by atoms with E-state index in [2.05, 4.69) is 23.9 Å². The fourth-order valence-corrected chi connectivity index (χ4v) is 5.64. The van der Waals surface area contributed by atoms with Crippen LogP contribution in [0.15, 0.2) is 18.2 Å². The van der Waals surface area contributed by atoms with Crippen LogP contribution in [0.4, 0.5) is 0 Å². The maximum atomic E-state index is 11.8. The molecular weight excluding hydrogens is 262 g/mol. The second-order valence-corrected chi connectivity index (χ2v) is 12.6. The molecule has 1 heterocycles. The Kier molecular flexibility index (Phi) is 3.75. The SMILES string of the molecule is CN1Cc2c(cccc2P(P)PP)C1=O. The fraction of sp³-hybridized carbons (Fsp3) is 0.222. The van der Waals surface area contributed by atoms with E-state index in [4.69, 9.17) is 0 Å². The Morgan fingerprint density at radius 1 is 1.53 bits per heavy atom. The van der Waals surface area contributed by atoms with Crippen molar-refractivity contribution in [3.63, 3.8) is 0 Å². The van der Waals surface area contributed by atoms with Gasteiger partial charge in [-0.15, -0.1) is 17.9 Å². The molecule has 0 fully saturated rings. The molecular formula is C9H13NOP4. The lowest BCUT2D eigenvalue weighted by atomic mass is 10.1. The number of carbonyl (C=O) groups is 1. The molecule has 0 bridgehead atoms. The molecule has 2 nitrogen and oxygen atoms in total. The topological polar surface area (TPSA) is 20.3 Å². The van der Waals surface area contributed by atoms with Crippen molar-refractivity contribution in [3.8, 4) is 0 Å². The van der Waals surface area contributed by atoms with Crippen LogP contribution < -0.4 is 5.30 Å². The molecule has 0 N–H and O–H groups in total. The highest BCUT2D eigenvalue weighted by Crippen LogP contribution is 2.65. The summed E-state index contributed by atoms with van der Waals surface area (Å²) in [4.78, 5) is 13.6. The van der Waals surface area contributed by atoms with E-state index < -0.39 is 0 Å². The summed E-state index contributed by atoms with van der Waals surface area (Å²) in [6, 6.07) is 6.08. The Bertz CT molecular complexity index is 409. The van der Waals surface area contributed by atoms with Crippen molar-refractivity contribution in [3.05, 3.63) is 29.3 Å². The Hall–Kier alpha value is 0.410. The first-order valence-electron chi connectivity index (χ1n) is 4.53. The second-order valence-electron chi connectivity index (χ2n) is 3.46. The predicted molar refractivity (Wildman–Crippen MR) is 76.5 cm³/mol. The minimum Gasteiger partial charge on any atom is -0.337 e. The third-order valence-electron chi connectivity index (χ3n) is 2.52. The van der Waals surface area contributed by atoms with E-state index in [-0.39, 0.29) is 13.2 Å². The van der Waals surface area contributed by atoms with Crippen LogP contribution >= 0.6 is 33.1 Å². The molecule has 1 aliphatic rings. The van der Waals surface area contributed by atoms with E-state index in [0.29, 0.717) is 0 Å². The van der Waals surface area contributed by atoms with Crippen LogP contribution in [-0.2, 0) is 6.54 Å². The average molecular weight is 275 g/mol. The van der Waals surface area contributed by atoms with Gasteiger partial charge in [0.25, 0.3) is 5.91 Å². The number of hydrogen-bond acceptors (Lipinski definition) is 1. The molecule has 0 radical (unpaired) electrons. The summed E-state index contributed by atoms with van der Waals surface area (Å²) in [5.74, 6) is 0.160. The Balaban J connectivity index is 2.49. The third kappa shape index (κ3) is 2.11. The minimum absolute atomic E-state index is 0.160. The zero-order valence-corrected chi connectivity index (χ0v) is 12.6. The van der Waals surface area contributed by atoms with E-state index in [1.807, 2.05) is 19.2 Å². The van der Waals surface area contributed by atoms with Crippen LogP contribution in [0.2, 0.25) is 0 Å². The van der Waals surface area contributed by atoms with Crippen LogP contribution in [0.5, 0.6) is 0 Å². The lowest BCUT2D eigenvalue weighted by molar-refractivity contribution is 0.0816. The number of hydrogen-bond donors (Lipinski definition) is 0. The molecule has 1 aromatic rings. The number of rotatable bonds is 2. The van der Waals surface area contributed by atoms with Gasteiger partial charge >= 0.3 is 0 Å². The van der Waals surface area contributed by atoms with Gasteiger partial charge in [0.2, 0.25) is 0 Å². The molecule has 4 atom stereocenters. The Labute approximate surface area is 97.2 Å². The van der Waals surface area contributed by atoms with Crippen molar-refractivity contribution in [2.45, 2.75) is 6.54 Å². The molecule has 0 saturated heterocycles. The first-order valence-corrected chi connectivity index (χ1v) is 11.1. The summed E-state index contributed by atoms with van der Waals surface area (Å²) in [6.45, 7) is 0.771. The van der Waals surface area contributed by atoms with Crippen molar-refractivity contribution < 1.29 is 4.79 Å². The molecule has 6 heteroatoms. The molecule has 0 spiro atoms. The van der Waals surface area contributed by atoms with Gasteiger partial charge < -0.3 is 4.90 Å². The standard InChI is InChI=1S/C9H13NOP4/c1-10-5-7-6(9(10)11)3-2-4-8(7)15(13)14-12/h2-4,14H,5,12-13H2,1H3. The molecule has 0 aromatic heterocycles. The van der Waals surface area contributed by atoms with Crippen LogP contribution in [0.25, 0.3) is 0 Å². The number of fused-ring (bicyclic) bond motifs is 1. The monoisotopic (exact) mass is 275 g/mol. The fourth-order valence-electron chi connectivity index (χ4n) is 1.75. The molecule has 15 heavy (non-hydrogen) atoms. The van der Waals surface area contributed by atoms with Crippen LogP contribution in [0.1, 0.15) is 15.9 Å². The highest BCUT2D eigenvalue weighted by molar-refractivity contribution is 8.63. The van der Waals surface area contributed by atoms with Gasteiger partial charge in [0.15, 0.2) is 0 Å². The zero-order chi connectivity index (χ0) is 11.0. The quantitative estimate of drug-likeness (QED) is 0.759. The summed E-state index contributed by atoms with van der Waals surface area (Å²) in [6.07, 6.45) is 0. The Morgan fingerprint density at radius 2 is 2.27 bits per heavy atom. The first kappa shape index (κ1) is 11.9. The molecule has 80 valence electrons. The highest BCUT2D eigenvalue weighted by atomic mass is 32.6. The second kappa shape index (κ2) is 4.73. The van der Waals surface area contributed by atoms with Crippen LogP contribution in [0, 0.1) is 0 Å². The predicted octanol–water partition coefficient (Wildman–Crippen LogP) is 2.55. The van der Waals surface area contributed by atoms with Gasteiger partial charge in [-0.05, 0) is 24.2 Å². The molecule has 1 aromatic carbocycles. The normalized spacial score (nSPS) is 17.5. The van der Waals surface area contributed by atoms with Gasteiger partial charge in [-0.2, -0.15) is 0 Å². The molecule has 2 rings (SSSR count). The lowest BCUT2D eigenvalue weighted by Gasteiger charge is -2.13. The van der Waals surface area contributed by atoms with Gasteiger partial charge in [-0.1, -0.05) is 20.1 Å². The number of benzene rings is 1. The van der Waals surface area contributed by atoms with Crippen LogP contribution in [-0.4, -0.2) is 17.9 Å². The number of amides is 1. The van der Waals surface area contributed by atoms with E-state index in [9.17, 15) is 4.79 Å². The van der Waals surface area contributed by atoms with Gasteiger partial charge in [-0.25, -0.2) is 0 Å². The largest absolute Gasteiger partial charge is 0.337 e. The minimum atomic E-state index is -0.186. The molecule has 1 aliphatic heterocycles. The number of nitrogens with zero attached hydrogens (tertiary/aromatic N) is 1. The van der Waals surface area contributed by atoms with Crippen molar-refractivity contribution in [2.75, 3.05) is 7.05 Å². The average Bonchev–Trinajstić information content (AvgIpc) is 2.54. The highest BCUT2D eigenvalue weighted by Gasteiger charge is 2.27. The van der Waals surface area contributed by atoms with Crippen LogP contribution in [0.3, 0.4) is 0 Å². The van der Waals surface area contributed by atoms with Gasteiger partial charge in [0, 0.05) is 19.2 Å². The van der Waals surface area contributed by atoms with Crippen molar-refractivity contribution in [1.29, 1.82) is 0 Å². The molecule has 0 saturated carbocycles. The van der Waals surface area contributed by atoms with E-state index >= 15 is 0 Å². The van der Waals surface area contributed by atoms with Crippen molar-refractivity contribution in [1.82, 2.24) is 4.90 Å². The van der Waals surface area contributed by atoms with E-state index in [0.717, 1.165) is 20.1 Å². The summed E-state index contributed by atoms with van der Waals surface area (Å²) >= 11 is 0.